The smallest absolute Gasteiger partial charge is 0.304 e. The van der Waals surface area contributed by atoms with Gasteiger partial charge in [-0.05, 0) is 48.4 Å². The first-order valence-electron chi connectivity index (χ1n) is 10.5. The Morgan fingerprint density at radius 3 is 2.29 bits per heavy atom. The first-order valence-corrected chi connectivity index (χ1v) is 10.5. The van der Waals surface area contributed by atoms with Gasteiger partial charge in [0.25, 0.3) is 0 Å². The monoisotopic (exact) mass is 427 g/mol. The normalized spacial score (nSPS) is 13.7. The molecule has 3 nitrogen and oxygen atoms in total. The average molecular weight is 428 g/mol. The van der Waals surface area contributed by atoms with Crippen LogP contribution in [0.5, 0.6) is 0 Å². The molecule has 31 heavy (non-hydrogen) atoms. The van der Waals surface area contributed by atoms with E-state index in [1.165, 1.54) is 12.1 Å². The number of hydrogen-bond acceptors (Lipinski definition) is 3. The van der Waals surface area contributed by atoms with Gasteiger partial charge < -0.3 is 5.32 Å². The minimum atomic E-state index is -4.42. The molecule has 0 aliphatic heterocycles. The molecule has 0 spiro atoms. The summed E-state index contributed by atoms with van der Waals surface area (Å²) in [4.78, 5) is 4.56. The molecule has 164 valence electrons. The number of nitrogens with zero attached hydrogens (tertiary/aromatic N) is 1. The lowest BCUT2D eigenvalue weighted by Gasteiger charge is -2.36. The third kappa shape index (κ3) is 5.93. The maximum atomic E-state index is 13.5. The molecule has 0 radical (unpaired) electrons. The summed E-state index contributed by atoms with van der Waals surface area (Å²) in [6.45, 7) is 3.39. The van der Waals surface area contributed by atoms with Crippen LogP contribution in [0.1, 0.15) is 42.1 Å². The van der Waals surface area contributed by atoms with Crippen molar-refractivity contribution in [3.8, 4) is 0 Å². The van der Waals surface area contributed by atoms with E-state index in [4.69, 9.17) is 0 Å². The molecule has 0 saturated heterocycles. The van der Waals surface area contributed by atoms with Gasteiger partial charge in [0, 0.05) is 19.3 Å². The van der Waals surface area contributed by atoms with Gasteiger partial charge in [-0.1, -0.05) is 61.9 Å². The van der Waals surface area contributed by atoms with Gasteiger partial charge >= 0.3 is 6.18 Å². The standard InChI is InChI=1S/C25H28F3N3/c1-2-3-15-29-19-31-24(23-14-7-8-16-30-23,18-20-10-5-4-6-11-20)21-12-9-13-22(17-21)25(26,27)28/h4-14,16-17,29,31H,2-3,15,18-19H2,1H3. The van der Waals surface area contributed by atoms with Crippen molar-refractivity contribution < 1.29 is 13.2 Å². The van der Waals surface area contributed by atoms with Crippen LogP contribution in [-0.4, -0.2) is 18.2 Å². The number of rotatable bonds is 10. The summed E-state index contributed by atoms with van der Waals surface area (Å²) < 4.78 is 40.6. The van der Waals surface area contributed by atoms with E-state index in [2.05, 4.69) is 22.5 Å². The SMILES string of the molecule is CCCCNCNC(Cc1ccccc1)(c1cccc(C(F)(F)F)c1)c1ccccn1. The van der Waals surface area contributed by atoms with Crippen molar-refractivity contribution in [2.75, 3.05) is 13.2 Å². The van der Waals surface area contributed by atoms with Crippen LogP contribution in [0, 0.1) is 0 Å². The number of pyridine rings is 1. The Hall–Kier alpha value is -2.70. The molecule has 2 N–H and O–H groups in total. The second kappa shape index (κ2) is 10.6. The Labute approximate surface area is 181 Å². The number of halogens is 3. The zero-order valence-electron chi connectivity index (χ0n) is 17.6. The topological polar surface area (TPSA) is 37.0 Å². The molecular formula is C25H28F3N3. The minimum Gasteiger partial charge on any atom is -0.304 e. The molecule has 2 aromatic carbocycles. The third-order valence-corrected chi connectivity index (χ3v) is 5.32. The summed E-state index contributed by atoms with van der Waals surface area (Å²) in [5.41, 5.74) is 0.617. The minimum absolute atomic E-state index is 0.444. The molecule has 0 saturated carbocycles. The fourth-order valence-corrected chi connectivity index (χ4v) is 3.68. The van der Waals surface area contributed by atoms with Crippen LogP contribution in [0.15, 0.2) is 79.0 Å². The van der Waals surface area contributed by atoms with Gasteiger partial charge in [0.2, 0.25) is 0 Å². The van der Waals surface area contributed by atoms with E-state index in [0.29, 0.717) is 24.3 Å². The van der Waals surface area contributed by atoms with Crippen LogP contribution < -0.4 is 10.6 Å². The van der Waals surface area contributed by atoms with Gasteiger partial charge in [-0.25, -0.2) is 0 Å². The highest BCUT2D eigenvalue weighted by molar-refractivity contribution is 5.40. The van der Waals surface area contributed by atoms with Crippen LogP contribution in [0.4, 0.5) is 13.2 Å². The van der Waals surface area contributed by atoms with Crippen LogP contribution in [-0.2, 0) is 18.1 Å². The maximum Gasteiger partial charge on any atom is 0.416 e. The summed E-state index contributed by atoms with van der Waals surface area (Å²) in [5, 5.41) is 6.86. The van der Waals surface area contributed by atoms with E-state index >= 15 is 0 Å². The van der Waals surface area contributed by atoms with E-state index in [0.717, 1.165) is 31.0 Å². The van der Waals surface area contributed by atoms with E-state index in [1.807, 2.05) is 48.5 Å². The van der Waals surface area contributed by atoms with Gasteiger partial charge in [0.05, 0.1) is 16.8 Å². The van der Waals surface area contributed by atoms with Crippen LogP contribution in [0.3, 0.4) is 0 Å². The van der Waals surface area contributed by atoms with Crippen LogP contribution in [0.25, 0.3) is 0 Å². The van der Waals surface area contributed by atoms with E-state index in [1.54, 1.807) is 12.3 Å². The van der Waals surface area contributed by atoms with Gasteiger partial charge in [-0.15, -0.1) is 0 Å². The van der Waals surface area contributed by atoms with E-state index in [9.17, 15) is 13.2 Å². The maximum absolute atomic E-state index is 13.5. The first-order chi connectivity index (χ1) is 15.0. The lowest BCUT2D eigenvalue weighted by atomic mass is 9.80. The number of benzene rings is 2. The highest BCUT2D eigenvalue weighted by atomic mass is 19.4. The van der Waals surface area contributed by atoms with Crippen molar-refractivity contribution in [3.05, 3.63) is 101 Å². The Balaban J connectivity index is 2.09. The highest BCUT2D eigenvalue weighted by Gasteiger charge is 2.38. The fraction of sp³-hybridized carbons (Fsp3) is 0.320. The van der Waals surface area contributed by atoms with Gasteiger partial charge in [-0.3, -0.25) is 10.3 Å². The molecule has 0 aliphatic rings. The second-order valence-electron chi connectivity index (χ2n) is 7.57. The Morgan fingerprint density at radius 1 is 0.871 bits per heavy atom. The molecule has 0 aliphatic carbocycles. The summed E-state index contributed by atoms with van der Waals surface area (Å²) in [5.74, 6) is 0. The number of hydrogen-bond donors (Lipinski definition) is 2. The zero-order valence-corrected chi connectivity index (χ0v) is 17.6. The molecule has 1 heterocycles. The largest absolute Gasteiger partial charge is 0.416 e. The number of aromatic nitrogens is 1. The van der Waals surface area contributed by atoms with Crippen molar-refractivity contribution in [2.45, 2.75) is 37.9 Å². The van der Waals surface area contributed by atoms with Crippen molar-refractivity contribution >= 4 is 0 Å². The first kappa shape index (κ1) is 23.0. The molecular weight excluding hydrogens is 399 g/mol. The predicted molar refractivity (Wildman–Crippen MR) is 118 cm³/mol. The molecule has 6 heteroatoms. The Bertz CT molecular complexity index is 930. The van der Waals surface area contributed by atoms with Gasteiger partial charge in [0.15, 0.2) is 0 Å². The second-order valence-corrected chi connectivity index (χ2v) is 7.57. The summed E-state index contributed by atoms with van der Waals surface area (Å²) in [7, 11) is 0. The lowest BCUT2D eigenvalue weighted by molar-refractivity contribution is -0.137. The van der Waals surface area contributed by atoms with Crippen LogP contribution >= 0.6 is 0 Å². The number of nitrogens with one attached hydrogen (secondary N) is 2. The Morgan fingerprint density at radius 2 is 1.61 bits per heavy atom. The molecule has 0 fully saturated rings. The zero-order chi connectivity index (χ0) is 22.2. The van der Waals surface area contributed by atoms with Crippen molar-refractivity contribution in [3.63, 3.8) is 0 Å². The molecule has 0 bridgehead atoms. The summed E-state index contributed by atoms with van der Waals surface area (Å²) in [6.07, 6.45) is -0.189. The lowest BCUT2D eigenvalue weighted by Crippen LogP contribution is -2.49. The Kier molecular flexibility index (Phi) is 7.82. The number of unbranched alkanes of at least 4 members (excludes halogenated alkanes) is 1. The van der Waals surface area contributed by atoms with E-state index < -0.39 is 17.3 Å². The van der Waals surface area contributed by atoms with Crippen molar-refractivity contribution in [1.82, 2.24) is 15.6 Å². The molecule has 1 aromatic heterocycles. The summed E-state index contributed by atoms with van der Waals surface area (Å²) >= 11 is 0. The van der Waals surface area contributed by atoms with E-state index in [-0.39, 0.29) is 0 Å². The van der Waals surface area contributed by atoms with Crippen molar-refractivity contribution in [1.29, 1.82) is 0 Å². The molecule has 1 atom stereocenters. The quantitative estimate of drug-likeness (QED) is 0.330. The molecule has 3 aromatic rings. The van der Waals surface area contributed by atoms with Crippen LogP contribution in [0.2, 0.25) is 0 Å². The molecule has 1 unspecified atom stereocenters. The molecule has 3 rings (SSSR count). The molecule has 0 amide bonds. The fourth-order valence-electron chi connectivity index (χ4n) is 3.68. The van der Waals surface area contributed by atoms with Crippen molar-refractivity contribution in [2.24, 2.45) is 0 Å². The summed E-state index contributed by atoms with van der Waals surface area (Å²) in [6, 6.07) is 20.8. The van der Waals surface area contributed by atoms with Gasteiger partial charge in [-0.2, -0.15) is 13.2 Å². The van der Waals surface area contributed by atoms with Gasteiger partial charge in [0.1, 0.15) is 0 Å². The third-order valence-electron chi connectivity index (χ3n) is 5.32. The predicted octanol–water partition coefficient (Wildman–Crippen LogP) is 5.52. The average Bonchev–Trinajstić information content (AvgIpc) is 2.79. The highest BCUT2D eigenvalue weighted by Crippen LogP contribution is 2.36. The number of alkyl halides is 3.